The number of nitrogens with zero attached hydrogens (tertiary/aromatic N) is 1. The van der Waals surface area contributed by atoms with E-state index in [1.807, 2.05) is 66.7 Å². The molecule has 4 heteroatoms. The van der Waals surface area contributed by atoms with E-state index < -0.39 is 0 Å². The molecule has 4 rings (SSSR count). The van der Waals surface area contributed by atoms with Gasteiger partial charge in [-0.2, -0.15) is 0 Å². The molecule has 1 amide bonds. The smallest absolute Gasteiger partial charge is 0.251 e. The van der Waals surface area contributed by atoms with E-state index in [1.165, 1.54) is 0 Å². The first-order valence-electron chi connectivity index (χ1n) is 10.3. The van der Waals surface area contributed by atoms with Crippen LogP contribution < -0.4 is 10.2 Å². The number of hydrogen-bond donors (Lipinski definition) is 1. The van der Waals surface area contributed by atoms with Gasteiger partial charge in [0.2, 0.25) is 0 Å². The minimum atomic E-state index is -0.0684. The van der Waals surface area contributed by atoms with E-state index in [0.717, 1.165) is 35.5 Å². The summed E-state index contributed by atoms with van der Waals surface area (Å²) in [7, 11) is 0. The number of amides is 1. The Bertz CT molecular complexity index is 989. The van der Waals surface area contributed by atoms with E-state index in [9.17, 15) is 4.79 Å². The fourth-order valence-electron chi connectivity index (χ4n) is 3.51. The monoisotopic (exact) mass is 398 g/mol. The molecule has 1 aliphatic rings. The van der Waals surface area contributed by atoms with Crippen molar-refractivity contribution >= 4 is 11.6 Å². The highest BCUT2D eigenvalue weighted by atomic mass is 16.5. The van der Waals surface area contributed by atoms with Gasteiger partial charge in [0.15, 0.2) is 0 Å². The van der Waals surface area contributed by atoms with Crippen LogP contribution in [0.3, 0.4) is 0 Å². The Hall–Kier alpha value is -3.37. The molecule has 0 saturated carbocycles. The molecule has 0 radical (unpaired) electrons. The maximum absolute atomic E-state index is 12.6. The van der Waals surface area contributed by atoms with Gasteiger partial charge in [-0.25, -0.2) is 0 Å². The first kappa shape index (κ1) is 19.9. The third kappa shape index (κ3) is 5.16. The molecule has 0 fully saturated rings. The summed E-state index contributed by atoms with van der Waals surface area (Å²) in [5.41, 5.74) is 5.11. The van der Waals surface area contributed by atoms with Gasteiger partial charge in [0.1, 0.15) is 0 Å². The van der Waals surface area contributed by atoms with Gasteiger partial charge in [0, 0.05) is 30.9 Å². The lowest BCUT2D eigenvalue weighted by Crippen LogP contribution is -2.24. The summed E-state index contributed by atoms with van der Waals surface area (Å²) < 4.78 is 5.88. The summed E-state index contributed by atoms with van der Waals surface area (Å²) >= 11 is 0. The van der Waals surface area contributed by atoms with Gasteiger partial charge in [-0.05, 0) is 41.0 Å². The number of rotatable bonds is 8. The summed E-state index contributed by atoms with van der Waals surface area (Å²) in [4.78, 5) is 14.8. The first-order chi connectivity index (χ1) is 14.8. The highest BCUT2D eigenvalue weighted by molar-refractivity contribution is 5.94. The average molecular weight is 399 g/mol. The van der Waals surface area contributed by atoms with E-state index >= 15 is 0 Å². The molecule has 3 aromatic carbocycles. The van der Waals surface area contributed by atoms with Crippen molar-refractivity contribution in [1.29, 1.82) is 0 Å². The molecule has 4 nitrogen and oxygen atoms in total. The van der Waals surface area contributed by atoms with Gasteiger partial charge in [-0.3, -0.25) is 4.79 Å². The predicted octanol–water partition coefficient (Wildman–Crippen LogP) is 4.71. The highest BCUT2D eigenvalue weighted by Crippen LogP contribution is 2.18. The van der Waals surface area contributed by atoms with Crippen molar-refractivity contribution in [1.82, 2.24) is 5.32 Å². The topological polar surface area (TPSA) is 41.6 Å². The van der Waals surface area contributed by atoms with Crippen LogP contribution >= 0.6 is 0 Å². The molecule has 0 saturated heterocycles. The number of anilines is 1. The number of carbonyl (C=O) groups excluding carboxylic acids is 1. The van der Waals surface area contributed by atoms with Gasteiger partial charge < -0.3 is 15.0 Å². The molecule has 0 unspecified atom stereocenters. The van der Waals surface area contributed by atoms with Crippen molar-refractivity contribution in [2.75, 3.05) is 18.0 Å². The lowest BCUT2D eigenvalue weighted by atomic mass is 10.1. The molecule has 30 heavy (non-hydrogen) atoms. The summed E-state index contributed by atoms with van der Waals surface area (Å²) in [6.07, 6.45) is 4.31. The van der Waals surface area contributed by atoms with Crippen molar-refractivity contribution < 1.29 is 9.53 Å². The molecule has 152 valence electrons. The molecule has 1 aliphatic heterocycles. The van der Waals surface area contributed by atoms with Crippen LogP contribution in [0.1, 0.15) is 27.0 Å². The Morgan fingerprint density at radius 3 is 2.20 bits per heavy atom. The molecule has 3 aromatic rings. The van der Waals surface area contributed by atoms with Crippen LogP contribution in [0.5, 0.6) is 0 Å². The van der Waals surface area contributed by atoms with Gasteiger partial charge in [-0.15, -0.1) is 0 Å². The van der Waals surface area contributed by atoms with Crippen LogP contribution in [0, 0.1) is 0 Å². The average Bonchev–Trinajstić information content (AvgIpc) is 3.34. The predicted molar refractivity (Wildman–Crippen MR) is 120 cm³/mol. The van der Waals surface area contributed by atoms with Crippen molar-refractivity contribution in [3.05, 3.63) is 113 Å². The Labute approximate surface area is 177 Å². The minimum absolute atomic E-state index is 0.0684. The van der Waals surface area contributed by atoms with Crippen LogP contribution in [-0.4, -0.2) is 19.0 Å². The second-order valence-electron chi connectivity index (χ2n) is 7.35. The SMILES string of the molecule is O=C(NCc1ccccc1COCc1ccccc1)c1ccc(N2CC=CC2)cc1. The van der Waals surface area contributed by atoms with E-state index in [0.29, 0.717) is 25.3 Å². The second-order valence-corrected chi connectivity index (χ2v) is 7.35. The van der Waals surface area contributed by atoms with Crippen LogP contribution in [0.25, 0.3) is 0 Å². The molecule has 0 atom stereocenters. The fraction of sp³-hybridized carbons (Fsp3) is 0.192. The maximum atomic E-state index is 12.6. The van der Waals surface area contributed by atoms with Crippen LogP contribution in [0.15, 0.2) is 91.0 Å². The zero-order valence-electron chi connectivity index (χ0n) is 17.0. The second kappa shape index (κ2) is 9.90. The fourth-order valence-corrected chi connectivity index (χ4v) is 3.51. The molecule has 0 aliphatic carbocycles. The van der Waals surface area contributed by atoms with Crippen molar-refractivity contribution in [3.8, 4) is 0 Å². The zero-order chi connectivity index (χ0) is 20.6. The van der Waals surface area contributed by atoms with Gasteiger partial charge in [-0.1, -0.05) is 66.7 Å². The number of hydrogen-bond acceptors (Lipinski definition) is 3. The molecular formula is C26H26N2O2. The van der Waals surface area contributed by atoms with E-state index in [1.54, 1.807) is 0 Å². The number of ether oxygens (including phenoxy) is 1. The Balaban J connectivity index is 1.31. The van der Waals surface area contributed by atoms with Crippen LogP contribution in [0.4, 0.5) is 5.69 Å². The highest BCUT2D eigenvalue weighted by Gasteiger charge is 2.10. The summed E-state index contributed by atoms with van der Waals surface area (Å²) in [6, 6.07) is 26.0. The number of carbonyl (C=O) groups is 1. The van der Waals surface area contributed by atoms with E-state index in [-0.39, 0.29) is 5.91 Å². The Kier molecular flexibility index (Phi) is 6.58. The van der Waals surface area contributed by atoms with Crippen LogP contribution in [0.2, 0.25) is 0 Å². The zero-order valence-corrected chi connectivity index (χ0v) is 17.0. The van der Waals surface area contributed by atoms with E-state index in [2.05, 4.69) is 34.5 Å². The standard InChI is InChI=1S/C26H26N2O2/c29-26(22-12-14-25(15-13-22)28-16-6-7-17-28)27-18-23-10-4-5-11-24(23)20-30-19-21-8-2-1-3-9-21/h1-15H,16-20H2,(H,27,29). The van der Waals surface area contributed by atoms with Crippen molar-refractivity contribution in [2.24, 2.45) is 0 Å². The summed E-state index contributed by atoms with van der Waals surface area (Å²) in [5.74, 6) is -0.0684. The summed E-state index contributed by atoms with van der Waals surface area (Å²) in [5, 5.41) is 3.03. The van der Waals surface area contributed by atoms with Gasteiger partial charge >= 0.3 is 0 Å². The molecule has 0 spiro atoms. The number of benzene rings is 3. The Morgan fingerprint density at radius 2 is 1.47 bits per heavy atom. The van der Waals surface area contributed by atoms with Gasteiger partial charge in [0.05, 0.1) is 13.2 Å². The van der Waals surface area contributed by atoms with E-state index in [4.69, 9.17) is 4.74 Å². The summed E-state index contributed by atoms with van der Waals surface area (Å²) in [6.45, 7) is 3.41. The lowest BCUT2D eigenvalue weighted by Gasteiger charge is -2.17. The van der Waals surface area contributed by atoms with Crippen molar-refractivity contribution in [2.45, 2.75) is 19.8 Å². The molecule has 1 N–H and O–H groups in total. The minimum Gasteiger partial charge on any atom is -0.372 e. The molecule has 0 aromatic heterocycles. The number of nitrogens with one attached hydrogen (secondary N) is 1. The largest absolute Gasteiger partial charge is 0.372 e. The van der Waals surface area contributed by atoms with Crippen molar-refractivity contribution in [3.63, 3.8) is 0 Å². The quantitative estimate of drug-likeness (QED) is 0.559. The molecule has 1 heterocycles. The Morgan fingerprint density at radius 1 is 0.800 bits per heavy atom. The maximum Gasteiger partial charge on any atom is 0.251 e. The first-order valence-corrected chi connectivity index (χ1v) is 10.3. The molecule has 0 bridgehead atoms. The normalized spacial score (nSPS) is 12.9. The third-order valence-corrected chi connectivity index (χ3v) is 5.24. The molecular weight excluding hydrogens is 372 g/mol. The van der Waals surface area contributed by atoms with Crippen LogP contribution in [-0.2, 0) is 24.5 Å². The lowest BCUT2D eigenvalue weighted by molar-refractivity contribution is 0.0947. The van der Waals surface area contributed by atoms with Gasteiger partial charge in [0.25, 0.3) is 5.91 Å². The third-order valence-electron chi connectivity index (χ3n) is 5.24.